The van der Waals surface area contributed by atoms with Crippen molar-refractivity contribution >= 4 is 33.3 Å². The van der Waals surface area contributed by atoms with Crippen LogP contribution in [0.25, 0.3) is 10.2 Å². The smallest absolute Gasteiger partial charge is 0.228 e. The lowest BCUT2D eigenvalue weighted by Gasteiger charge is -2.38. The highest BCUT2D eigenvalue weighted by atomic mass is 32.1. The second-order valence-corrected chi connectivity index (χ2v) is 7.28. The lowest BCUT2D eigenvalue weighted by atomic mass is 9.94. The Morgan fingerprint density at radius 3 is 2.57 bits per heavy atom. The van der Waals surface area contributed by atoms with Crippen LogP contribution in [-0.2, 0) is 4.79 Å². The zero-order valence-corrected chi connectivity index (χ0v) is 13.5. The molecule has 112 valence electrons. The number of aromatic nitrogens is 2. The first-order chi connectivity index (χ1) is 9.97. The molecule has 0 aliphatic carbocycles. The zero-order chi connectivity index (χ0) is 15.0. The van der Waals surface area contributed by atoms with Crippen LogP contribution in [-0.4, -0.2) is 47.0 Å². The van der Waals surface area contributed by atoms with Gasteiger partial charge >= 0.3 is 0 Å². The second-order valence-electron chi connectivity index (χ2n) is 6.36. The van der Waals surface area contributed by atoms with Crippen molar-refractivity contribution in [3.63, 3.8) is 0 Å². The van der Waals surface area contributed by atoms with E-state index < -0.39 is 0 Å². The van der Waals surface area contributed by atoms with E-state index in [-0.39, 0.29) is 11.3 Å². The van der Waals surface area contributed by atoms with Crippen LogP contribution in [0.15, 0.2) is 17.8 Å². The van der Waals surface area contributed by atoms with Gasteiger partial charge in [-0.05, 0) is 11.4 Å². The standard InChI is InChI=1S/C15H20N4OS/c1-15(2,3)14(20)19-7-5-18(6-8-19)13-12-11(4-9-21-12)16-10-17-13/h4,9-10H,5-8H2,1-3H3. The molecule has 0 saturated carbocycles. The number of fused-ring (bicyclic) bond motifs is 1. The molecule has 0 atom stereocenters. The third kappa shape index (κ3) is 2.72. The topological polar surface area (TPSA) is 49.3 Å². The Morgan fingerprint density at radius 2 is 1.90 bits per heavy atom. The molecule has 1 fully saturated rings. The molecule has 0 N–H and O–H groups in total. The van der Waals surface area contributed by atoms with Crippen LogP contribution in [0.4, 0.5) is 5.82 Å². The van der Waals surface area contributed by atoms with Crippen molar-refractivity contribution < 1.29 is 4.79 Å². The molecule has 1 aliphatic rings. The van der Waals surface area contributed by atoms with Gasteiger partial charge in [-0.1, -0.05) is 20.8 Å². The largest absolute Gasteiger partial charge is 0.352 e. The minimum Gasteiger partial charge on any atom is -0.352 e. The zero-order valence-electron chi connectivity index (χ0n) is 12.7. The molecule has 0 spiro atoms. The van der Waals surface area contributed by atoms with Gasteiger partial charge in [0.2, 0.25) is 5.91 Å². The molecule has 0 bridgehead atoms. The van der Waals surface area contributed by atoms with E-state index in [2.05, 4.69) is 14.9 Å². The highest BCUT2D eigenvalue weighted by Gasteiger charge is 2.30. The summed E-state index contributed by atoms with van der Waals surface area (Å²) in [7, 11) is 0. The van der Waals surface area contributed by atoms with E-state index in [1.807, 2.05) is 37.1 Å². The predicted molar refractivity (Wildman–Crippen MR) is 85.7 cm³/mol. The number of amides is 1. The third-order valence-electron chi connectivity index (χ3n) is 3.73. The van der Waals surface area contributed by atoms with Crippen LogP contribution >= 0.6 is 11.3 Å². The van der Waals surface area contributed by atoms with Crippen LogP contribution in [0.3, 0.4) is 0 Å². The Bertz CT molecular complexity index is 653. The molecule has 1 amide bonds. The molecule has 3 rings (SSSR count). The molecule has 2 aromatic rings. The minimum absolute atomic E-state index is 0.228. The van der Waals surface area contributed by atoms with Gasteiger partial charge in [-0.2, -0.15) is 0 Å². The summed E-state index contributed by atoms with van der Waals surface area (Å²) in [6.07, 6.45) is 1.62. The number of nitrogens with zero attached hydrogens (tertiary/aromatic N) is 4. The fraction of sp³-hybridized carbons (Fsp3) is 0.533. The summed E-state index contributed by atoms with van der Waals surface area (Å²) in [4.78, 5) is 25.3. The van der Waals surface area contributed by atoms with E-state index >= 15 is 0 Å². The molecule has 1 saturated heterocycles. The summed E-state index contributed by atoms with van der Waals surface area (Å²) >= 11 is 1.67. The lowest BCUT2D eigenvalue weighted by Crippen LogP contribution is -2.51. The lowest BCUT2D eigenvalue weighted by molar-refractivity contribution is -0.139. The number of piperazine rings is 1. The van der Waals surface area contributed by atoms with Gasteiger partial charge in [-0.25, -0.2) is 9.97 Å². The van der Waals surface area contributed by atoms with E-state index in [4.69, 9.17) is 0 Å². The summed E-state index contributed by atoms with van der Waals surface area (Å²) in [5.41, 5.74) is 0.691. The van der Waals surface area contributed by atoms with Gasteiger partial charge in [0, 0.05) is 31.6 Å². The highest BCUT2D eigenvalue weighted by molar-refractivity contribution is 7.17. The monoisotopic (exact) mass is 304 g/mol. The number of hydrogen-bond acceptors (Lipinski definition) is 5. The quantitative estimate of drug-likeness (QED) is 0.811. The average Bonchev–Trinajstić information content (AvgIpc) is 2.94. The fourth-order valence-corrected chi connectivity index (χ4v) is 3.46. The molecular formula is C15H20N4OS. The van der Waals surface area contributed by atoms with Crippen molar-refractivity contribution in [2.75, 3.05) is 31.1 Å². The molecule has 1 aliphatic heterocycles. The summed E-state index contributed by atoms with van der Waals surface area (Å²) in [6, 6.07) is 2.02. The predicted octanol–water partition coefficient (Wildman–Crippen LogP) is 2.39. The molecule has 0 aromatic carbocycles. The van der Waals surface area contributed by atoms with Gasteiger partial charge < -0.3 is 9.80 Å². The summed E-state index contributed by atoms with van der Waals surface area (Å²) < 4.78 is 1.13. The Balaban J connectivity index is 1.74. The first kappa shape index (κ1) is 14.3. The second kappa shape index (κ2) is 5.26. The summed E-state index contributed by atoms with van der Waals surface area (Å²) in [5, 5.41) is 2.04. The van der Waals surface area contributed by atoms with E-state index in [9.17, 15) is 4.79 Å². The van der Waals surface area contributed by atoms with Crippen molar-refractivity contribution in [3.05, 3.63) is 17.8 Å². The Labute approximate surface area is 128 Å². The van der Waals surface area contributed by atoms with Crippen molar-refractivity contribution in [3.8, 4) is 0 Å². The number of thiophene rings is 1. The molecule has 6 heteroatoms. The first-order valence-corrected chi connectivity index (χ1v) is 8.07. The van der Waals surface area contributed by atoms with Gasteiger partial charge in [0.1, 0.15) is 12.1 Å². The van der Waals surface area contributed by atoms with Gasteiger partial charge in [-0.3, -0.25) is 4.79 Å². The normalized spacial score (nSPS) is 16.5. The maximum atomic E-state index is 12.3. The molecule has 0 unspecified atom stereocenters. The number of hydrogen-bond donors (Lipinski definition) is 0. The summed E-state index contributed by atoms with van der Waals surface area (Å²) in [5.74, 6) is 1.23. The van der Waals surface area contributed by atoms with Crippen LogP contribution in [0.5, 0.6) is 0 Å². The third-order valence-corrected chi connectivity index (χ3v) is 4.63. The SMILES string of the molecule is CC(C)(C)C(=O)N1CCN(c2ncnc3ccsc23)CC1. The Kier molecular flexibility index (Phi) is 3.57. The van der Waals surface area contributed by atoms with Gasteiger partial charge in [-0.15, -0.1) is 11.3 Å². The average molecular weight is 304 g/mol. The Hall–Kier alpha value is -1.69. The molecule has 21 heavy (non-hydrogen) atoms. The fourth-order valence-electron chi connectivity index (χ4n) is 2.60. The van der Waals surface area contributed by atoms with E-state index in [0.717, 1.165) is 42.2 Å². The number of rotatable bonds is 1. The van der Waals surface area contributed by atoms with E-state index in [1.165, 1.54) is 0 Å². The molecule has 3 heterocycles. The van der Waals surface area contributed by atoms with Crippen LogP contribution in [0.1, 0.15) is 20.8 Å². The molecule has 5 nitrogen and oxygen atoms in total. The van der Waals surface area contributed by atoms with Gasteiger partial charge in [0.15, 0.2) is 0 Å². The van der Waals surface area contributed by atoms with E-state index in [1.54, 1.807) is 17.7 Å². The molecule has 0 radical (unpaired) electrons. The van der Waals surface area contributed by atoms with Gasteiger partial charge in [0.25, 0.3) is 0 Å². The number of carbonyl (C=O) groups is 1. The molecule has 2 aromatic heterocycles. The van der Waals surface area contributed by atoms with Crippen molar-refractivity contribution in [2.24, 2.45) is 5.41 Å². The van der Waals surface area contributed by atoms with Gasteiger partial charge in [0.05, 0.1) is 10.2 Å². The maximum Gasteiger partial charge on any atom is 0.228 e. The number of carbonyl (C=O) groups excluding carboxylic acids is 1. The Morgan fingerprint density at radius 1 is 1.19 bits per heavy atom. The number of anilines is 1. The van der Waals surface area contributed by atoms with E-state index in [0.29, 0.717) is 0 Å². The maximum absolute atomic E-state index is 12.3. The first-order valence-electron chi connectivity index (χ1n) is 7.19. The van der Waals surface area contributed by atoms with Crippen LogP contribution in [0.2, 0.25) is 0 Å². The van der Waals surface area contributed by atoms with Crippen LogP contribution in [0, 0.1) is 5.41 Å². The minimum atomic E-state index is -0.307. The van der Waals surface area contributed by atoms with Crippen molar-refractivity contribution in [1.29, 1.82) is 0 Å². The summed E-state index contributed by atoms with van der Waals surface area (Å²) in [6.45, 7) is 9.08. The van der Waals surface area contributed by atoms with Crippen LogP contribution < -0.4 is 4.90 Å². The molecular weight excluding hydrogens is 284 g/mol. The van der Waals surface area contributed by atoms with Crippen molar-refractivity contribution in [2.45, 2.75) is 20.8 Å². The highest BCUT2D eigenvalue weighted by Crippen LogP contribution is 2.29. The van der Waals surface area contributed by atoms with Crippen molar-refractivity contribution in [1.82, 2.24) is 14.9 Å².